The highest BCUT2D eigenvalue weighted by atomic mass is 32.2. The van der Waals surface area contributed by atoms with Gasteiger partial charge >= 0.3 is 5.69 Å². The first-order valence-electron chi connectivity index (χ1n) is 12.3. The van der Waals surface area contributed by atoms with Gasteiger partial charge in [-0.05, 0) is 17.7 Å². The molecule has 1 aliphatic rings. The predicted molar refractivity (Wildman–Crippen MR) is 146 cm³/mol. The van der Waals surface area contributed by atoms with E-state index >= 15 is 0 Å². The van der Waals surface area contributed by atoms with Gasteiger partial charge < -0.3 is 14.5 Å². The molecule has 0 atom stereocenters. The van der Waals surface area contributed by atoms with E-state index in [1.54, 1.807) is 18.8 Å². The summed E-state index contributed by atoms with van der Waals surface area (Å²) in [5, 5.41) is 0.836. The lowest BCUT2D eigenvalue weighted by molar-refractivity contribution is 0.248. The fourth-order valence-corrected chi connectivity index (χ4v) is 5.67. The Morgan fingerprint density at radius 3 is 2.46 bits per heavy atom. The zero-order valence-corrected chi connectivity index (χ0v) is 21.4. The third kappa shape index (κ3) is 4.67. The highest BCUT2D eigenvalue weighted by molar-refractivity contribution is 7.99. The number of nitrogens with zero attached hydrogens (tertiary/aromatic N) is 6. The van der Waals surface area contributed by atoms with Crippen molar-refractivity contribution < 1.29 is 0 Å². The quantitative estimate of drug-likeness (QED) is 0.320. The van der Waals surface area contributed by atoms with Gasteiger partial charge in [0.25, 0.3) is 5.56 Å². The predicted octanol–water partition coefficient (Wildman–Crippen LogP) is 2.41. The molecule has 0 spiro atoms. The van der Waals surface area contributed by atoms with Crippen LogP contribution in [0.1, 0.15) is 5.56 Å². The topological polar surface area (TPSA) is 108 Å². The molecule has 1 saturated heterocycles. The molecule has 10 nitrogen and oxygen atoms in total. The van der Waals surface area contributed by atoms with E-state index < -0.39 is 11.2 Å². The number of rotatable bonds is 7. The number of imidazole rings is 2. The lowest BCUT2D eigenvalue weighted by atomic mass is 10.2. The number of aryl methyl sites for hydroxylation is 2. The highest BCUT2D eigenvalue weighted by Crippen LogP contribution is 2.24. The molecule has 4 heterocycles. The van der Waals surface area contributed by atoms with Crippen LogP contribution >= 0.6 is 11.8 Å². The summed E-state index contributed by atoms with van der Waals surface area (Å²) in [7, 11) is 1.64. The normalized spacial score (nSPS) is 14.7. The van der Waals surface area contributed by atoms with Gasteiger partial charge in [-0.3, -0.25) is 19.2 Å². The number of hydrogen-bond donors (Lipinski definition) is 2. The van der Waals surface area contributed by atoms with Crippen LogP contribution in [0, 0.1) is 0 Å². The Bertz CT molecular complexity index is 1630. The third-order valence-electron chi connectivity index (χ3n) is 6.81. The van der Waals surface area contributed by atoms with Crippen molar-refractivity contribution in [3.05, 3.63) is 81.0 Å². The Morgan fingerprint density at radius 2 is 1.68 bits per heavy atom. The molecular formula is C26H28N8O2S. The molecule has 0 bridgehead atoms. The minimum atomic E-state index is -0.460. The van der Waals surface area contributed by atoms with Crippen molar-refractivity contribution in [3.63, 3.8) is 0 Å². The van der Waals surface area contributed by atoms with Crippen molar-refractivity contribution in [2.45, 2.75) is 18.2 Å². The van der Waals surface area contributed by atoms with Crippen LogP contribution < -0.4 is 16.1 Å². The van der Waals surface area contributed by atoms with Crippen LogP contribution in [0.2, 0.25) is 0 Å². The summed E-state index contributed by atoms with van der Waals surface area (Å²) in [5.41, 5.74) is 3.19. The Kier molecular flexibility index (Phi) is 6.31. The first-order valence-corrected chi connectivity index (χ1v) is 13.3. The first-order chi connectivity index (χ1) is 18.1. The average molecular weight is 517 g/mol. The molecule has 3 aromatic heterocycles. The van der Waals surface area contributed by atoms with Gasteiger partial charge in [0.05, 0.1) is 11.0 Å². The number of hydrogen-bond acceptors (Lipinski definition) is 7. The van der Waals surface area contributed by atoms with Gasteiger partial charge in [-0.15, -0.1) is 0 Å². The van der Waals surface area contributed by atoms with Crippen molar-refractivity contribution in [3.8, 4) is 0 Å². The van der Waals surface area contributed by atoms with E-state index in [9.17, 15) is 9.59 Å². The Balaban J connectivity index is 1.24. The zero-order valence-electron chi connectivity index (χ0n) is 20.6. The SMILES string of the molecule is Cn1c(=O)[nH]c(=O)c2c1nc(N1CCN(Cc3ccccc3)CC1)n2CCSc1nc2ccccc2[nH]1. The highest BCUT2D eigenvalue weighted by Gasteiger charge is 2.25. The second-order valence-electron chi connectivity index (χ2n) is 9.21. The zero-order chi connectivity index (χ0) is 25.4. The number of anilines is 1. The van der Waals surface area contributed by atoms with E-state index in [1.165, 1.54) is 10.1 Å². The molecule has 37 heavy (non-hydrogen) atoms. The van der Waals surface area contributed by atoms with Crippen LogP contribution in [0.5, 0.6) is 0 Å². The van der Waals surface area contributed by atoms with E-state index in [1.807, 2.05) is 34.9 Å². The van der Waals surface area contributed by atoms with E-state index in [-0.39, 0.29) is 0 Å². The van der Waals surface area contributed by atoms with Gasteiger partial charge in [-0.2, -0.15) is 4.98 Å². The molecule has 0 radical (unpaired) electrons. The number of aromatic nitrogens is 6. The molecule has 0 aliphatic carbocycles. The van der Waals surface area contributed by atoms with Crippen molar-refractivity contribution in [2.75, 3.05) is 36.8 Å². The number of H-pyrrole nitrogens is 2. The summed E-state index contributed by atoms with van der Waals surface area (Å²) in [6, 6.07) is 18.4. The van der Waals surface area contributed by atoms with Gasteiger partial charge in [-0.1, -0.05) is 54.2 Å². The second kappa shape index (κ2) is 9.91. The molecule has 0 saturated carbocycles. The molecule has 0 amide bonds. The molecule has 2 N–H and O–H groups in total. The third-order valence-corrected chi connectivity index (χ3v) is 7.67. The van der Waals surface area contributed by atoms with Crippen LogP contribution in [0.25, 0.3) is 22.2 Å². The van der Waals surface area contributed by atoms with Crippen LogP contribution in [0.3, 0.4) is 0 Å². The Labute approximate surface area is 217 Å². The lowest BCUT2D eigenvalue weighted by Crippen LogP contribution is -2.47. The summed E-state index contributed by atoms with van der Waals surface area (Å²) in [6.45, 7) is 4.83. The summed E-state index contributed by atoms with van der Waals surface area (Å²) in [5.74, 6) is 1.42. The molecule has 2 aromatic carbocycles. The summed E-state index contributed by atoms with van der Waals surface area (Å²) >= 11 is 1.60. The van der Waals surface area contributed by atoms with Crippen LogP contribution in [-0.2, 0) is 20.1 Å². The molecule has 1 aliphatic heterocycles. The van der Waals surface area contributed by atoms with Gasteiger partial charge in [0.1, 0.15) is 0 Å². The number of thioether (sulfide) groups is 1. The molecule has 0 unspecified atom stereocenters. The van der Waals surface area contributed by atoms with Crippen LogP contribution in [0.15, 0.2) is 69.3 Å². The molecule has 11 heteroatoms. The largest absolute Gasteiger partial charge is 0.340 e. The summed E-state index contributed by atoms with van der Waals surface area (Å²) in [6.07, 6.45) is 0. The minimum absolute atomic E-state index is 0.407. The molecular weight excluding hydrogens is 488 g/mol. The monoisotopic (exact) mass is 516 g/mol. The molecule has 5 aromatic rings. The van der Waals surface area contributed by atoms with E-state index in [0.717, 1.165) is 54.9 Å². The minimum Gasteiger partial charge on any atom is -0.340 e. The molecule has 6 rings (SSSR count). The number of nitrogens with one attached hydrogen (secondary N) is 2. The van der Waals surface area contributed by atoms with E-state index in [0.29, 0.717) is 23.5 Å². The van der Waals surface area contributed by atoms with Gasteiger partial charge in [0.15, 0.2) is 16.3 Å². The lowest BCUT2D eigenvalue weighted by Gasteiger charge is -2.35. The first kappa shape index (κ1) is 23.6. The molecule has 1 fully saturated rings. The van der Waals surface area contributed by atoms with Gasteiger partial charge in [0.2, 0.25) is 5.95 Å². The maximum atomic E-state index is 12.9. The van der Waals surface area contributed by atoms with Crippen molar-refractivity contribution in [1.82, 2.24) is 34.0 Å². The van der Waals surface area contributed by atoms with Crippen molar-refractivity contribution >= 4 is 39.9 Å². The van der Waals surface area contributed by atoms with E-state index in [4.69, 9.17) is 4.98 Å². The van der Waals surface area contributed by atoms with Gasteiger partial charge in [-0.25, -0.2) is 9.78 Å². The number of fused-ring (bicyclic) bond motifs is 2. The maximum absolute atomic E-state index is 12.9. The van der Waals surface area contributed by atoms with Gasteiger partial charge in [0, 0.05) is 52.1 Å². The fraction of sp³-hybridized carbons (Fsp3) is 0.308. The Hall–Kier alpha value is -3.83. The maximum Gasteiger partial charge on any atom is 0.329 e. The summed E-state index contributed by atoms with van der Waals surface area (Å²) < 4.78 is 3.37. The number of para-hydroxylation sites is 2. The van der Waals surface area contributed by atoms with Crippen molar-refractivity contribution in [2.24, 2.45) is 7.05 Å². The second-order valence-corrected chi connectivity index (χ2v) is 10.3. The van der Waals surface area contributed by atoms with Crippen LogP contribution in [-0.4, -0.2) is 65.9 Å². The Morgan fingerprint density at radius 1 is 0.919 bits per heavy atom. The average Bonchev–Trinajstić information content (AvgIpc) is 3.50. The summed E-state index contributed by atoms with van der Waals surface area (Å²) in [4.78, 5) is 45.0. The van der Waals surface area contributed by atoms with Crippen LogP contribution in [0.4, 0.5) is 5.95 Å². The fourth-order valence-electron chi connectivity index (χ4n) is 4.86. The number of benzene rings is 2. The standard InChI is InChI=1S/C26H28N8O2S/c1-31-22-21(23(35)30-26(31)36)34(15-16-37-24-27-19-9-5-6-10-20(19)28-24)25(29-22)33-13-11-32(12-14-33)17-18-7-3-2-4-8-18/h2-10H,11-17H2,1H3,(H,27,28)(H,30,35,36). The number of piperazine rings is 1. The van der Waals surface area contributed by atoms with E-state index in [2.05, 4.69) is 49.0 Å². The smallest absolute Gasteiger partial charge is 0.329 e. The number of aromatic amines is 2. The van der Waals surface area contributed by atoms with Crippen molar-refractivity contribution in [1.29, 1.82) is 0 Å². The molecule has 190 valence electrons.